The number of hydrogen-bond donors (Lipinski definition) is 2. The number of alkyl halides is 2. The second kappa shape index (κ2) is 9.90. The standard InChI is InChI=1S/C28H31F2N5O3/c1-37-24-8-7-18(9-25(24)38-2)21-10-23(27(29)30)35-26(32-21)11-22(33-35)16-3-5-17(6-4-16)28(36)34-14-19-12-31-13-20(19)15-34/h3-9,11,19-21,23,27,31-32H,10,12-15H2,1-2H3. The van der Waals surface area contributed by atoms with Crippen LogP contribution in [-0.4, -0.2) is 67.4 Å². The molecule has 0 spiro atoms. The van der Waals surface area contributed by atoms with Gasteiger partial charge in [0.15, 0.2) is 11.5 Å². The van der Waals surface area contributed by atoms with Crippen LogP contribution >= 0.6 is 0 Å². The highest BCUT2D eigenvalue weighted by Gasteiger charge is 2.38. The Morgan fingerprint density at radius 3 is 2.37 bits per heavy atom. The number of nitrogens with one attached hydrogen (secondary N) is 2. The van der Waals surface area contributed by atoms with E-state index in [2.05, 4.69) is 15.7 Å². The number of carbonyl (C=O) groups excluding carboxylic acids is 1. The summed E-state index contributed by atoms with van der Waals surface area (Å²) in [5.74, 6) is 2.75. The van der Waals surface area contributed by atoms with E-state index in [1.807, 2.05) is 29.2 Å². The fourth-order valence-corrected chi connectivity index (χ4v) is 5.96. The molecular weight excluding hydrogens is 492 g/mol. The molecule has 0 bridgehead atoms. The molecular formula is C28H31F2N5O3. The van der Waals surface area contributed by atoms with Crippen LogP contribution in [0.4, 0.5) is 14.6 Å². The minimum atomic E-state index is -2.58. The first kappa shape index (κ1) is 24.7. The summed E-state index contributed by atoms with van der Waals surface area (Å²) in [5.41, 5.74) is 2.80. The van der Waals surface area contributed by atoms with E-state index in [1.165, 1.54) is 4.68 Å². The molecule has 4 atom stereocenters. The summed E-state index contributed by atoms with van der Waals surface area (Å²) in [6, 6.07) is 13.1. The Balaban J connectivity index is 1.23. The molecule has 0 aliphatic carbocycles. The Kier molecular flexibility index (Phi) is 6.43. The molecule has 2 N–H and O–H groups in total. The smallest absolute Gasteiger partial charge is 0.260 e. The molecule has 4 unspecified atom stereocenters. The average Bonchev–Trinajstić information content (AvgIpc) is 3.67. The lowest BCUT2D eigenvalue weighted by Gasteiger charge is -2.32. The van der Waals surface area contributed by atoms with E-state index in [0.717, 1.165) is 37.3 Å². The van der Waals surface area contributed by atoms with E-state index in [1.54, 1.807) is 38.5 Å². The molecule has 200 valence electrons. The van der Waals surface area contributed by atoms with Crippen molar-refractivity contribution in [3.8, 4) is 22.8 Å². The molecule has 10 heteroatoms. The van der Waals surface area contributed by atoms with E-state index in [9.17, 15) is 13.6 Å². The second-order valence-electron chi connectivity index (χ2n) is 10.3. The number of nitrogens with zero attached hydrogens (tertiary/aromatic N) is 3. The zero-order valence-corrected chi connectivity index (χ0v) is 21.4. The third-order valence-electron chi connectivity index (χ3n) is 8.05. The Labute approximate surface area is 219 Å². The quantitative estimate of drug-likeness (QED) is 0.504. The number of benzene rings is 2. The molecule has 2 aromatic carbocycles. The van der Waals surface area contributed by atoms with Gasteiger partial charge in [0.05, 0.1) is 26.0 Å². The number of likely N-dealkylation sites (tertiary alicyclic amines) is 1. The highest BCUT2D eigenvalue weighted by atomic mass is 19.3. The predicted octanol–water partition coefficient (Wildman–Crippen LogP) is 4.22. The molecule has 3 aliphatic rings. The van der Waals surface area contributed by atoms with Crippen LogP contribution in [-0.2, 0) is 0 Å². The SMILES string of the molecule is COc1ccc(C2CC(C(F)F)n3nc(-c4ccc(C(=O)N5CC6CNCC6C5)cc4)cc3N2)cc1OC. The van der Waals surface area contributed by atoms with Crippen molar-refractivity contribution in [1.82, 2.24) is 20.0 Å². The van der Waals surface area contributed by atoms with Crippen LogP contribution in [0, 0.1) is 11.8 Å². The van der Waals surface area contributed by atoms with Crippen molar-refractivity contribution in [2.45, 2.75) is 24.9 Å². The number of methoxy groups -OCH3 is 2. The van der Waals surface area contributed by atoms with Crippen LogP contribution in [0.2, 0.25) is 0 Å². The zero-order valence-electron chi connectivity index (χ0n) is 21.4. The van der Waals surface area contributed by atoms with Gasteiger partial charge < -0.3 is 25.0 Å². The zero-order chi connectivity index (χ0) is 26.4. The third-order valence-corrected chi connectivity index (χ3v) is 8.05. The number of amides is 1. The molecule has 2 saturated heterocycles. The highest BCUT2D eigenvalue weighted by molar-refractivity contribution is 5.95. The van der Waals surface area contributed by atoms with E-state index in [0.29, 0.717) is 40.4 Å². The number of ether oxygens (including phenoxy) is 2. The van der Waals surface area contributed by atoms with Gasteiger partial charge >= 0.3 is 0 Å². The highest BCUT2D eigenvalue weighted by Crippen LogP contribution is 2.41. The molecule has 0 radical (unpaired) electrons. The average molecular weight is 524 g/mol. The molecule has 0 saturated carbocycles. The molecule has 1 aromatic heterocycles. The van der Waals surface area contributed by atoms with Gasteiger partial charge in [-0.1, -0.05) is 18.2 Å². The van der Waals surface area contributed by atoms with E-state index in [4.69, 9.17) is 9.47 Å². The van der Waals surface area contributed by atoms with Gasteiger partial charge in [-0.25, -0.2) is 13.5 Å². The number of carbonyl (C=O) groups is 1. The molecule has 4 heterocycles. The summed E-state index contributed by atoms with van der Waals surface area (Å²) in [5, 5.41) is 11.3. The summed E-state index contributed by atoms with van der Waals surface area (Å²) >= 11 is 0. The normalized spacial score (nSPS) is 24.2. The molecule has 6 rings (SSSR count). The summed E-state index contributed by atoms with van der Waals surface area (Å²) in [6.45, 7) is 3.51. The first-order valence-electron chi connectivity index (χ1n) is 12.9. The van der Waals surface area contributed by atoms with Crippen molar-refractivity contribution < 1.29 is 23.0 Å². The lowest BCUT2D eigenvalue weighted by Crippen LogP contribution is -2.31. The third kappa shape index (κ3) is 4.36. The van der Waals surface area contributed by atoms with Crippen LogP contribution in [0.1, 0.15) is 34.4 Å². The Morgan fingerprint density at radius 1 is 1.00 bits per heavy atom. The van der Waals surface area contributed by atoms with Gasteiger partial charge in [0.2, 0.25) is 0 Å². The number of hydrogen-bond acceptors (Lipinski definition) is 6. The minimum absolute atomic E-state index is 0.0345. The van der Waals surface area contributed by atoms with Crippen LogP contribution in [0.5, 0.6) is 11.5 Å². The summed E-state index contributed by atoms with van der Waals surface area (Å²) in [4.78, 5) is 15.0. The van der Waals surface area contributed by atoms with Crippen molar-refractivity contribution in [3.63, 3.8) is 0 Å². The van der Waals surface area contributed by atoms with Crippen molar-refractivity contribution >= 4 is 11.7 Å². The van der Waals surface area contributed by atoms with Gasteiger partial charge in [0.25, 0.3) is 12.3 Å². The van der Waals surface area contributed by atoms with Gasteiger partial charge in [-0.2, -0.15) is 5.10 Å². The molecule has 3 aromatic rings. The Hall–Kier alpha value is -3.66. The van der Waals surface area contributed by atoms with Gasteiger partial charge in [-0.05, 0) is 48.1 Å². The van der Waals surface area contributed by atoms with Crippen molar-refractivity contribution in [1.29, 1.82) is 0 Å². The number of halogens is 2. The lowest BCUT2D eigenvalue weighted by molar-refractivity contribution is 0.0659. The van der Waals surface area contributed by atoms with Crippen LogP contribution in [0.25, 0.3) is 11.3 Å². The van der Waals surface area contributed by atoms with Crippen LogP contribution < -0.4 is 20.1 Å². The topological polar surface area (TPSA) is 80.7 Å². The lowest BCUT2D eigenvalue weighted by atomic mass is 9.97. The van der Waals surface area contributed by atoms with Gasteiger partial charge in [-0.3, -0.25) is 4.79 Å². The van der Waals surface area contributed by atoms with E-state index >= 15 is 0 Å². The molecule has 3 aliphatic heterocycles. The maximum Gasteiger partial charge on any atom is 0.260 e. The van der Waals surface area contributed by atoms with Crippen LogP contribution in [0.15, 0.2) is 48.5 Å². The summed E-state index contributed by atoms with van der Waals surface area (Å²) in [6.07, 6.45) is -2.41. The Morgan fingerprint density at radius 2 is 1.71 bits per heavy atom. The predicted molar refractivity (Wildman–Crippen MR) is 139 cm³/mol. The maximum absolute atomic E-state index is 14.2. The molecule has 2 fully saturated rings. The maximum atomic E-state index is 14.2. The van der Waals surface area contributed by atoms with E-state index < -0.39 is 12.5 Å². The first-order valence-corrected chi connectivity index (χ1v) is 12.9. The minimum Gasteiger partial charge on any atom is -0.493 e. The summed E-state index contributed by atoms with van der Waals surface area (Å²) < 4.78 is 40.4. The van der Waals surface area contributed by atoms with E-state index in [-0.39, 0.29) is 18.4 Å². The van der Waals surface area contributed by atoms with Crippen molar-refractivity contribution in [2.75, 3.05) is 45.7 Å². The molecule has 1 amide bonds. The molecule has 38 heavy (non-hydrogen) atoms. The summed E-state index contributed by atoms with van der Waals surface area (Å²) in [7, 11) is 3.10. The fraction of sp³-hybridized carbons (Fsp3) is 0.429. The number of aromatic nitrogens is 2. The van der Waals surface area contributed by atoms with Crippen molar-refractivity contribution in [2.24, 2.45) is 11.8 Å². The number of fused-ring (bicyclic) bond motifs is 2. The van der Waals surface area contributed by atoms with Crippen LogP contribution in [0.3, 0.4) is 0 Å². The van der Waals surface area contributed by atoms with Gasteiger partial charge in [-0.15, -0.1) is 0 Å². The number of anilines is 1. The van der Waals surface area contributed by atoms with Gasteiger partial charge in [0, 0.05) is 43.4 Å². The van der Waals surface area contributed by atoms with Crippen molar-refractivity contribution in [3.05, 3.63) is 59.7 Å². The monoisotopic (exact) mass is 523 g/mol. The Bertz CT molecular complexity index is 1320. The van der Waals surface area contributed by atoms with Gasteiger partial charge in [0.1, 0.15) is 11.9 Å². The second-order valence-corrected chi connectivity index (χ2v) is 10.3. The molecule has 8 nitrogen and oxygen atoms in total. The number of rotatable bonds is 6. The fourth-order valence-electron chi connectivity index (χ4n) is 5.96. The largest absolute Gasteiger partial charge is 0.493 e. The first-order chi connectivity index (χ1) is 18.4.